The van der Waals surface area contributed by atoms with E-state index in [9.17, 15) is 9.59 Å². The van der Waals surface area contributed by atoms with Crippen molar-refractivity contribution in [3.63, 3.8) is 0 Å². The average molecular weight is 365 g/mol. The van der Waals surface area contributed by atoms with E-state index in [0.29, 0.717) is 45.9 Å². The standard InChI is InChI=1S/C20H31NO5/c1-4-24-15-7-13-21(14-12-20(23)26-6-3)19(22)16-17-8-10-18(11-9-17)25-5-2/h8-11H,4-7,12-16H2,1-3H3. The van der Waals surface area contributed by atoms with Crippen LogP contribution in [0, 0.1) is 0 Å². The highest BCUT2D eigenvalue weighted by Gasteiger charge is 2.16. The first-order valence-electron chi connectivity index (χ1n) is 9.33. The molecule has 1 aromatic carbocycles. The average Bonchev–Trinajstić information content (AvgIpc) is 2.63. The number of hydrogen-bond acceptors (Lipinski definition) is 5. The van der Waals surface area contributed by atoms with E-state index in [1.807, 2.05) is 38.1 Å². The lowest BCUT2D eigenvalue weighted by Crippen LogP contribution is -2.35. The molecule has 0 N–H and O–H groups in total. The van der Waals surface area contributed by atoms with Gasteiger partial charge in [-0.1, -0.05) is 12.1 Å². The fourth-order valence-electron chi connectivity index (χ4n) is 2.48. The van der Waals surface area contributed by atoms with Crippen LogP contribution in [0.4, 0.5) is 0 Å². The van der Waals surface area contributed by atoms with Crippen LogP contribution in [-0.2, 0) is 25.5 Å². The largest absolute Gasteiger partial charge is 0.494 e. The van der Waals surface area contributed by atoms with Crippen molar-refractivity contribution in [2.45, 2.75) is 40.0 Å². The Labute approximate surface area is 156 Å². The van der Waals surface area contributed by atoms with Gasteiger partial charge in [0.25, 0.3) is 0 Å². The molecule has 0 saturated heterocycles. The second-order valence-corrected chi connectivity index (χ2v) is 5.74. The molecule has 0 radical (unpaired) electrons. The van der Waals surface area contributed by atoms with Crippen LogP contribution >= 0.6 is 0 Å². The van der Waals surface area contributed by atoms with Crippen LogP contribution in [0.2, 0.25) is 0 Å². The predicted molar refractivity (Wildman–Crippen MR) is 100 cm³/mol. The maximum Gasteiger partial charge on any atom is 0.307 e. The molecule has 0 aliphatic rings. The number of rotatable bonds is 13. The van der Waals surface area contributed by atoms with Crippen LogP contribution in [0.15, 0.2) is 24.3 Å². The molecular weight excluding hydrogens is 334 g/mol. The third-order valence-corrected chi connectivity index (χ3v) is 3.75. The summed E-state index contributed by atoms with van der Waals surface area (Å²) in [6, 6.07) is 7.52. The molecule has 6 heteroatoms. The van der Waals surface area contributed by atoms with Gasteiger partial charge in [-0.3, -0.25) is 9.59 Å². The van der Waals surface area contributed by atoms with Crippen molar-refractivity contribution in [3.8, 4) is 5.75 Å². The molecule has 146 valence electrons. The van der Waals surface area contributed by atoms with Gasteiger partial charge in [-0.25, -0.2) is 0 Å². The summed E-state index contributed by atoms with van der Waals surface area (Å²) < 4.78 is 15.7. The summed E-state index contributed by atoms with van der Waals surface area (Å²) >= 11 is 0. The van der Waals surface area contributed by atoms with E-state index in [1.54, 1.807) is 11.8 Å². The van der Waals surface area contributed by atoms with Gasteiger partial charge in [0.05, 0.1) is 26.1 Å². The first-order valence-corrected chi connectivity index (χ1v) is 9.33. The van der Waals surface area contributed by atoms with Crippen molar-refractivity contribution < 1.29 is 23.8 Å². The number of esters is 1. The van der Waals surface area contributed by atoms with Crippen molar-refractivity contribution in [2.75, 3.05) is 39.5 Å². The van der Waals surface area contributed by atoms with E-state index < -0.39 is 0 Å². The van der Waals surface area contributed by atoms with Crippen LogP contribution in [0.25, 0.3) is 0 Å². The lowest BCUT2D eigenvalue weighted by molar-refractivity contribution is -0.144. The molecule has 1 amide bonds. The number of ether oxygens (including phenoxy) is 3. The number of nitrogens with zero attached hydrogens (tertiary/aromatic N) is 1. The molecule has 0 aliphatic carbocycles. The van der Waals surface area contributed by atoms with Crippen LogP contribution in [0.1, 0.15) is 39.2 Å². The molecule has 0 unspecified atom stereocenters. The Morgan fingerprint density at radius 1 is 0.962 bits per heavy atom. The molecule has 0 bridgehead atoms. The van der Waals surface area contributed by atoms with Gasteiger partial charge in [0.15, 0.2) is 0 Å². The molecular formula is C20H31NO5. The summed E-state index contributed by atoms with van der Waals surface area (Å²) in [5, 5.41) is 0. The van der Waals surface area contributed by atoms with Crippen molar-refractivity contribution in [2.24, 2.45) is 0 Å². The smallest absolute Gasteiger partial charge is 0.307 e. The number of benzene rings is 1. The molecule has 0 heterocycles. The van der Waals surface area contributed by atoms with E-state index in [2.05, 4.69) is 0 Å². The molecule has 6 nitrogen and oxygen atoms in total. The van der Waals surface area contributed by atoms with Crippen LogP contribution in [-0.4, -0.2) is 56.3 Å². The third kappa shape index (κ3) is 8.85. The van der Waals surface area contributed by atoms with E-state index in [0.717, 1.165) is 17.7 Å². The maximum absolute atomic E-state index is 12.7. The minimum atomic E-state index is -0.281. The van der Waals surface area contributed by atoms with Crippen LogP contribution in [0.3, 0.4) is 0 Å². The summed E-state index contributed by atoms with van der Waals surface area (Å²) in [6.45, 7) is 8.79. The second-order valence-electron chi connectivity index (χ2n) is 5.74. The van der Waals surface area contributed by atoms with Crippen molar-refractivity contribution in [3.05, 3.63) is 29.8 Å². The highest BCUT2D eigenvalue weighted by Crippen LogP contribution is 2.13. The Kier molecular flexibility index (Phi) is 11.1. The second kappa shape index (κ2) is 13.2. The Balaban J connectivity index is 2.60. The molecule has 1 rings (SSSR count). The third-order valence-electron chi connectivity index (χ3n) is 3.75. The van der Waals surface area contributed by atoms with E-state index >= 15 is 0 Å². The summed E-state index contributed by atoms with van der Waals surface area (Å²) in [5.74, 6) is 0.505. The molecule has 26 heavy (non-hydrogen) atoms. The highest BCUT2D eigenvalue weighted by molar-refractivity contribution is 5.79. The zero-order chi connectivity index (χ0) is 19.2. The van der Waals surface area contributed by atoms with Crippen molar-refractivity contribution >= 4 is 11.9 Å². The first-order chi connectivity index (χ1) is 12.6. The monoisotopic (exact) mass is 365 g/mol. The van der Waals surface area contributed by atoms with E-state index in [4.69, 9.17) is 14.2 Å². The zero-order valence-electron chi connectivity index (χ0n) is 16.2. The lowest BCUT2D eigenvalue weighted by atomic mass is 10.1. The molecule has 0 fully saturated rings. The zero-order valence-corrected chi connectivity index (χ0v) is 16.2. The van der Waals surface area contributed by atoms with Gasteiger partial charge < -0.3 is 19.1 Å². The molecule has 0 atom stereocenters. The summed E-state index contributed by atoms with van der Waals surface area (Å²) in [6.07, 6.45) is 1.24. The fraction of sp³-hybridized carbons (Fsp3) is 0.600. The maximum atomic E-state index is 12.7. The molecule has 0 saturated carbocycles. The van der Waals surface area contributed by atoms with Gasteiger partial charge in [0.1, 0.15) is 5.75 Å². The quantitative estimate of drug-likeness (QED) is 0.397. The number of carbonyl (C=O) groups excluding carboxylic acids is 2. The fourth-order valence-corrected chi connectivity index (χ4v) is 2.48. The van der Waals surface area contributed by atoms with Crippen LogP contribution in [0.5, 0.6) is 5.75 Å². The topological polar surface area (TPSA) is 65.1 Å². The first kappa shape index (κ1) is 22.0. The van der Waals surface area contributed by atoms with Gasteiger partial charge in [-0.2, -0.15) is 0 Å². The summed E-state index contributed by atoms with van der Waals surface area (Å²) in [4.78, 5) is 26.0. The molecule has 1 aromatic rings. The van der Waals surface area contributed by atoms with E-state index in [-0.39, 0.29) is 18.3 Å². The lowest BCUT2D eigenvalue weighted by Gasteiger charge is -2.22. The number of carbonyl (C=O) groups is 2. The SMILES string of the molecule is CCOCCCN(CCC(=O)OCC)C(=O)Cc1ccc(OCC)cc1. The predicted octanol–water partition coefficient (Wildman–Crippen LogP) is 2.84. The van der Waals surface area contributed by atoms with Gasteiger partial charge in [-0.05, 0) is 44.9 Å². The minimum absolute atomic E-state index is 0.00467. The molecule has 0 spiro atoms. The summed E-state index contributed by atoms with van der Waals surface area (Å²) in [5.41, 5.74) is 0.921. The Morgan fingerprint density at radius 2 is 1.69 bits per heavy atom. The normalized spacial score (nSPS) is 10.4. The molecule has 0 aliphatic heterocycles. The van der Waals surface area contributed by atoms with E-state index in [1.165, 1.54) is 0 Å². The Bertz CT molecular complexity index is 530. The van der Waals surface area contributed by atoms with Crippen LogP contribution < -0.4 is 4.74 Å². The van der Waals surface area contributed by atoms with Crippen molar-refractivity contribution in [1.82, 2.24) is 4.90 Å². The van der Waals surface area contributed by atoms with Crippen molar-refractivity contribution in [1.29, 1.82) is 0 Å². The van der Waals surface area contributed by atoms with Gasteiger partial charge >= 0.3 is 5.97 Å². The van der Waals surface area contributed by atoms with Gasteiger partial charge in [0, 0.05) is 26.3 Å². The summed E-state index contributed by atoms with van der Waals surface area (Å²) in [7, 11) is 0. The minimum Gasteiger partial charge on any atom is -0.494 e. The molecule has 0 aromatic heterocycles. The number of amides is 1. The van der Waals surface area contributed by atoms with Gasteiger partial charge in [0.2, 0.25) is 5.91 Å². The number of hydrogen-bond donors (Lipinski definition) is 0. The Hall–Kier alpha value is -2.08. The Morgan fingerprint density at radius 3 is 2.31 bits per heavy atom. The van der Waals surface area contributed by atoms with Gasteiger partial charge in [-0.15, -0.1) is 0 Å². The highest BCUT2D eigenvalue weighted by atomic mass is 16.5.